The van der Waals surface area contributed by atoms with Gasteiger partial charge in [0, 0.05) is 19.5 Å². The van der Waals surface area contributed by atoms with Crippen molar-refractivity contribution in [2.75, 3.05) is 13.1 Å². The van der Waals surface area contributed by atoms with E-state index in [-0.39, 0.29) is 23.9 Å². The maximum atomic E-state index is 12.3. The number of aryl methyl sites for hydroxylation is 1. The van der Waals surface area contributed by atoms with Gasteiger partial charge in [-0.1, -0.05) is 0 Å². The molecule has 2 rings (SSSR count). The molecule has 1 N–H and O–H groups in total. The fourth-order valence-corrected chi connectivity index (χ4v) is 3.52. The minimum atomic E-state index is -4.82. The van der Waals surface area contributed by atoms with E-state index in [2.05, 4.69) is 4.98 Å². The predicted molar refractivity (Wildman–Crippen MR) is 72.9 cm³/mol. The normalized spacial score (nSPS) is 16.8. The SMILES string of the molecule is Cc1nc(CC2CCN(C(=O)C(F)(F)F)CC2)sc1C(=O)O. The number of aromatic carboxylic acids is 1. The molecule has 0 atom stereocenters. The van der Waals surface area contributed by atoms with Gasteiger partial charge in [0.25, 0.3) is 0 Å². The summed E-state index contributed by atoms with van der Waals surface area (Å²) >= 11 is 1.10. The summed E-state index contributed by atoms with van der Waals surface area (Å²) in [5.41, 5.74) is 0.456. The second-order valence-corrected chi connectivity index (χ2v) is 6.35. The summed E-state index contributed by atoms with van der Waals surface area (Å²) in [4.78, 5) is 27.3. The van der Waals surface area contributed by atoms with Crippen LogP contribution in [0.5, 0.6) is 0 Å². The fraction of sp³-hybridized carbons (Fsp3) is 0.615. The Morgan fingerprint density at radius 1 is 1.36 bits per heavy atom. The number of aromatic nitrogens is 1. The molecule has 1 aliphatic heterocycles. The maximum Gasteiger partial charge on any atom is 0.471 e. The molecule has 122 valence electrons. The molecule has 1 amide bonds. The van der Waals surface area contributed by atoms with Crippen LogP contribution in [0.3, 0.4) is 0 Å². The van der Waals surface area contributed by atoms with Crippen LogP contribution in [0.2, 0.25) is 0 Å². The zero-order chi connectivity index (χ0) is 16.5. The first-order valence-corrected chi connectivity index (χ1v) is 7.56. The van der Waals surface area contributed by atoms with Crippen LogP contribution in [-0.2, 0) is 11.2 Å². The van der Waals surface area contributed by atoms with Gasteiger partial charge < -0.3 is 10.0 Å². The highest BCUT2D eigenvalue weighted by molar-refractivity contribution is 7.13. The summed E-state index contributed by atoms with van der Waals surface area (Å²) in [5, 5.41) is 9.65. The first-order valence-electron chi connectivity index (χ1n) is 6.74. The number of carbonyl (C=O) groups is 2. The molecule has 22 heavy (non-hydrogen) atoms. The molecule has 0 bridgehead atoms. The Labute approximate surface area is 128 Å². The first kappa shape index (κ1) is 16.7. The van der Waals surface area contributed by atoms with Gasteiger partial charge in [0.1, 0.15) is 4.88 Å². The minimum absolute atomic E-state index is 0.0686. The summed E-state index contributed by atoms with van der Waals surface area (Å²) < 4.78 is 37.0. The largest absolute Gasteiger partial charge is 0.477 e. The number of rotatable bonds is 3. The van der Waals surface area contributed by atoms with Crippen molar-refractivity contribution in [3.63, 3.8) is 0 Å². The second kappa shape index (κ2) is 6.23. The highest BCUT2D eigenvalue weighted by atomic mass is 32.1. The molecular formula is C13H15F3N2O3S. The molecule has 2 heterocycles. The topological polar surface area (TPSA) is 70.5 Å². The quantitative estimate of drug-likeness (QED) is 0.921. The van der Waals surface area contributed by atoms with E-state index in [1.807, 2.05) is 0 Å². The van der Waals surface area contributed by atoms with Gasteiger partial charge in [0.2, 0.25) is 0 Å². The third-order valence-electron chi connectivity index (χ3n) is 3.64. The standard InChI is InChI=1S/C13H15F3N2O3S/c1-7-10(11(19)20)22-9(17-7)6-8-2-4-18(5-3-8)12(21)13(14,15)16/h8H,2-6H2,1H3,(H,19,20). The van der Waals surface area contributed by atoms with Gasteiger partial charge in [-0.3, -0.25) is 4.79 Å². The number of amides is 1. The number of alkyl halides is 3. The number of hydrogen-bond acceptors (Lipinski definition) is 4. The number of thiazole rings is 1. The Morgan fingerprint density at radius 3 is 2.41 bits per heavy atom. The smallest absolute Gasteiger partial charge is 0.471 e. The van der Waals surface area contributed by atoms with Gasteiger partial charge in [-0.2, -0.15) is 13.2 Å². The Balaban J connectivity index is 1.92. The van der Waals surface area contributed by atoms with Crippen molar-refractivity contribution in [3.8, 4) is 0 Å². The number of halogens is 3. The van der Waals surface area contributed by atoms with Crippen LogP contribution in [-0.4, -0.2) is 46.1 Å². The Bertz CT molecular complexity index is 578. The Hall–Kier alpha value is -1.64. The Kier molecular flexibility index (Phi) is 4.74. The van der Waals surface area contributed by atoms with Crippen LogP contribution in [0.25, 0.3) is 0 Å². The van der Waals surface area contributed by atoms with Gasteiger partial charge >= 0.3 is 18.1 Å². The van der Waals surface area contributed by atoms with E-state index in [1.165, 1.54) is 0 Å². The first-order chi connectivity index (χ1) is 10.2. The molecule has 0 saturated carbocycles. The molecule has 1 aliphatic rings. The summed E-state index contributed by atoms with van der Waals surface area (Å²) in [6, 6.07) is 0. The summed E-state index contributed by atoms with van der Waals surface area (Å²) in [6.45, 7) is 1.76. The van der Waals surface area contributed by atoms with E-state index in [0.717, 1.165) is 16.2 Å². The number of carboxylic acid groups (broad SMARTS) is 1. The number of hydrogen-bond donors (Lipinski definition) is 1. The lowest BCUT2D eigenvalue weighted by atomic mass is 9.94. The molecule has 5 nitrogen and oxygen atoms in total. The lowest BCUT2D eigenvalue weighted by Gasteiger charge is -2.32. The van der Waals surface area contributed by atoms with Gasteiger partial charge in [-0.15, -0.1) is 11.3 Å². The number of carbonyl (C=O) groups excluding carboxylic acids is 1. The summed E-state index contributed by atoms with van der Waals surface area (Å²) in [7, 11) is 0. The number of carboxylic acids is 1. The van der Waals surface area contributed by atoms with Gasteiger partial charge in [-0.05, 0) is 25.7 Å². The molecule has 0 unspecified atom stereocenters. The Morgan fingerprint density at radius 2 is 1.95 bits per heavy atom. The zero-order valence-corrected chi connectivity index (χ0v) is 12.6. The van der Waals surface area contributed by atoms with Gasteiger partial charge in [0.15, 0.2) is 0 Å². The van der Waals surface area contributed by atoms with Gasteiger partial charge in [0.05, 0.1) is 10.7 Å². The molecular weight excluding hydrogens is 321 g/mol. The van der Waals surface area contributed by atoms with Crippen LogP contribution in [0, 0.1) is 12.8 Å². The maximum absolute atomic E-state index is 12.3. The van der Waals surface area contributed by atoms with E-state index in [9.17, 15) is 22.8 Å². The third-order valence-corrected chi connectivity index (χ3v) is 4.81. The van der Waals surface area contributed by atoms with Crippen LogP contribution in [0.15, 0.2) is 0 Å². The highest BCUT2D eigenvalue weighted by Crippen LogP contribution is 2.28. The lowest BCUT2D eigenvalue weighted by molar-refractivity contribution is -0.186. The van der Waals surface area contributed by atoms with E-state index in [1.54, 1.807) is 6.92 Å². The molecule has 9 heteroatoms. The van der Waals surface area contributed by atoms with Crippen molar-refractivity contribution in [2.45, 2.75) is 32.4 Å². The molecule has 1 aromatic rings. The van der Waals surface area contributed by atoms with Crippen LogP contribution < -0.4 is 0 Å². The number of nitrogens with zero attached hydrogens (tertiary/aromatic N) is 2. The van der Waals surface area contributed by atoms with Crippen molar-refractivity contribution >= 4 is 23.2 Å². The minimum Gasteiger partial charge on any atom is -0.477 e. The number of likely N-dealkylation sites (tertiary alicyclic amines) is 1. The van der Waals surface area contributed by atoms with Crippen molar-refractivity contribution in [1.29, 1.82) is 0 Å². The molecule has 1 saturated heterocycles. The van der Waals surface area contributed by atoms with E-state index < -0.39 is 18.1 Å². The zero-order valence-electron chi connectivity index (χ0n) is 11.8. The van der Waals surface area contributed by atoms with Crippen molar-refractivity contribution in [3.05, 3.63) is 15.6 Å². The van der Waals surface area contributed by atoms with E-state index >= 15 is 0 Å². The molecule has 0 aromatic carbocycles. The molecule has 0 radical (unpaired) electrons. The lowest BCUT2D eigenvalue weighted by Crippen LogP contribution is -2.45. The van der Waals surface area contributed by atoms with Crippen LogP contribution in [0.1, 0.15) is 33.2 Å². The van der Waals surface area contributed by atoms with Crippen molar-refractivity contribution < 1.29 is 27.9 Å². The molecule has 1 aromatic heterocycles. The second-order valence-electron chi connectivity index (χ2n) is 5.26. The molecule has 0 aliphatic carbocycles. The number of piperidine rings is 1. The average molecular weight is 336 g/mol. The van der Waals surface area contributed by atoms with Crippen molar-refractivity contribution in [1.82, 2.24) is 9.88 Å². The summed E-state index contributed by atoms with van der Waals surface area (Å²) in [5.74, 6) is -2.69. The highest BCUT2D eigenvalue weighted by Gasteiger charge is 2.43. The van der Waals surface area contributed by atoms with Crippen LogP contribution in [0.4, 0.5) is 13.2 Å². The van der Waals surface area contributed by atoms with Crippen LogP contribution >= 0.6 is 11.3 Å². The average Bonchev–Trinajstić information content (AvgIpc) is 2.79. The molecule has 0 spiro atoms. The van der Waals surface area contributed by atoms with Crippen molar-refractivity contribution in [2.24, 2.45) is 5.92 Å². The van der Waals surface area contributed by atoms with E-state index in [0.29, 0.717) is 30.0 Å². The third kappa shape index (κ3) is 3.76. The fourth-order valence-electron chi connectivity index (χ4n) is 2.50. The van der Waals surface area contributed by atoms with Gasteiger partial charge in [-0.25, -0.2) is 9.78 Å². The molecule has 1 fully saturated rings. The monoisotopic (exact) mass is 336 g/mol. The summed E-state index contributed by atoms with van der Waals surface area (Å²) in [6.07, 6.45) is -3.37. The predicted octanol–water partition coefficient (Wildman–Crippen LogP) is 2.49. The van der Waals surface area contributed by atoms with E-state index in [4.69, 9.17) is 5.11 Å².